The van der Waals surface area contributed by atoms with E-state index in [4.69, 9.17) is 0 Å². The Labute approximate surface area is 221 Å². The number of hydrogen-bond donors (Lipinski definition) is 2. The molecule has 0 bridgehead atoms. The Hall–Kier alpha value is -4.85. The lowest BCUT2D eigenvalue weighted by Crippen LogP contribution is -2.35. The van der Waals surface area contributed by atoms with Crippen molar-refractivity contribution < 1.29 is 19.5 Å². The van der Waals surface area contributed by atoms with E-state index in [-0.39, 0.29) is 31.3 Å². The molecule has 2 amide bonds. The lowest BCUT2D eigenvalue weighted by molar-refractivity contribution is -0.137. The van der Waals surface area contributed by atoms with Crippen molar-refractivity contribution >= 4 is 17.8 Å². The average molecular weight is 509 g/mol. The summed E-state index contributed by atoms with van der Waals surface area (Å²) in [6, 6.07) is 23.4. The summed E-state index contributed by atoms with van der Waals surface area (Å²) in [5, 5.41) is 12.2. The number of nitrogens with zero attached hydrogens (tertiary/aromatic N) is 3. The van der Waals surface area contributed by atoms with Crippen LogP contribution in [0.25, 0.3) is 11.1 Å². The molecule has 0 saturated heterocycles. The Morgan fingerprint density at radius 1 is 0.789 bits per heavy atom. The van der Waals surface area contributed by atoms with Gasteiger partial charge in [0.25, 0.3) is 11.8 Å². The third-order valence-corrected chi connectivity index (χ3v) is 6.05. The van der Waals surface area contributed by atoms with Crippen LogP contribution in [0, 0.1) is 0 Å². The van der Waals surface area contributed by atoms with E-state index in [2.05, 4.69) is 15.3 Å². The summed E-state index contributed by atoms with van der Waals surface area (Å²) in [4.78, 5) is 48.1. The number of carboxylic acid groups (broad SMARTS) is 1. The van der Waals surface area contributed by atoms with Gasteiger partial charge < -0.3 is 15.3 Å². The Morgan fingerprint density at radius 3 is 2.18 bits per heavy atom. The first kappa shape index (κ1) is 26.2. The maximum atomic E-state index is 13.8. The third-order valence-electron chi connectivity index (χ3n) is 6.05. The molecule has 2 heterocycles. The van der Waals surface area contributed by atoms with Crippen molar-refractivity contribution in [2.24, 2.45) is 0 Å². The molecule has 8 nitrogen and oxygen atoms in total. The number of amides is 2. The van der Waals surface area contributed by atoms with Gasteiger partial charge in [-0.25, -0.2) is 0 Å². The number of carbonyl (C=O) groups is 3. The fourth-order valence-electron chi connectivity index (χ4n) is 4.12. The van der Waals surface area contributed by atoms with E-state index >= 15 is 0 Å². The van der Waals surface area contributed by atoms with Crippen molar-refractivity contribution in [3.8, 4) is 11.1 Å². The van der Waals surface area contributed by atoms with Gasteiger partial charge in [-0.05, 0) is 53.4 Å². The smallest absolute Gasteiger partial charge is 0.305 e. The number of rotatable bonds is 11. The lowest BCUT2D eigenvalue weighted by atomic mass is 9.94. The first-order valence-corrected chi connectivity index (χ1v) is 12.3. The van der Waals surface area contributed by atoms with Crippen molar-refractivity contribution in [3.05, 3.63) is 120 Å². The molecule has 4 aromatic rings. The molecule has 0 aliphatic carbocycles. The Morgan fingerprint density at radius 2 is 1.50 bits per heavy atom. The van der Waals surface area contributed by atoms with Gasteiger partial charge in [-0.1, -0.05) is 48.5 Å². The van der Waals surface area contributed by atoms with Crippen molar-refractivity contribution in [2.75, 3.05) is 13.1 Å². The number of pyridine rings is 2. The molecule has 2 aromatic carbocycles. The number of aromatic nitrogens is 2. The molecule has 0 aliphatic rings. The van der Waals surface area contributed by atoms with Gasteiger partial charge in [-0.15, -0.1) is 0 Å². The highest BCUT2D eigenvalue weighted by Gasteiger charge is 2.22. The first-order chi connectivity index (χ1) is 18.5. The molecule has 0 fully saturated rings. The van der Waals surface area contributed by atoms with E-state index in [0.29, 0.717) is 35.2 Å². The van der Waals surface area contributed by atoms with Crippen molar-refractivity contribution in [2.45, 2.75) is 19.4 Å². The van der Waals surface area contributed by atoms with Crippen LogP contribution < -0.4 is 5.32 Å². The van der Waals surface area contributed by atoms with E-state index in [1.54, 1.807) is 59.9 Å². The van der Waals surface area contributed by atoms with Gasteiger partial charge in [0.1, 0.15) is 0 Å². The van der Waals surface area contributed by atoms with Gasteiger partial charge in [0.05, 0.1) is 18.7 Å². The SMILES string of the molecule is O=C(O)CCN(CCc1cccnc1)C(=O)c1ccccc1-c1ccccc1C(=O)NCc1ccccn1. The van der Waals surface area contributed by atoms with Crippen molar-refractivity contribution in [3.63, 3.8) is 0 Å². The zero-order valence-electron chi connectivity index (χ0n) is 20.8. The fourth-order valence-corrected chi connectivity index (χ4v) is 4.12. The topological polar surface area (TPSA) is 112 Å². The molecule has 8 heteroatoms. The van der Waals surface area contributed by atoms with Crippen molar-refractivity contribution in [1.29, 1.82) is 0 Å². The van der Waals surface area contributed by atoms with Crippen LogP contribution in [0.1, 0.15) is 38.4 Å². The van der Waals surface area contributed by atoms with E-state index in [0.717, 1.165) is 11.3 Å². The lowest BCUT2D eigenvalue weighted by Gasteiger charge is -2.24. The minimum atomic E-state index is -0.979. The largest absolute Gasteiger partial charge is 0.481 e. The normalized spacial score (nSPS) is 10.5. The molecule has 0 spiro atoms. The number of carboxylic acids is 1. The molecule has 2 aromatic heterocycles. The first-order valence-electron chi connectivity index (χ1n) is 12.3. The third kappa shape index (κ3) is 6.88. The molecule has 0 radical (unpaired) electrons. The summed E-state index contributed by atoms with van der Waals surface area (Å²) in [5.74, 6) is -1.56. The number of benzene rings is 2. The molecule has 38 heavy (non-hydrogen) atoms. The zero-order chi connectivity index (χ0) is 26.7. The molecule has 0 saturated carbocycles. The zero-order valence-corrected chi connectivity index (χ0v) is 20.8. The van der Waals surface area contributed by atoms with Crippen LogP contribution >= 0.6 is 0 Å². The molecule has 192 valence electrons. The van der Waals surface area contributed by atoms with Crippen molar-refractivity contribution in [1.82, 2.24) is 20.2 Å². The second kappa shape index (κ2) is 12.9. The second-order valence-electron chi connectivity index (χ2n) is 8.64. The quantitative estimate of drug-likeness (QED) is 0.314. The van der Waals surface area contributed by atoms with Crippen LogP contribution in [0.3, 0.4) is 0 Å². The van der Waals surface area contributed by atoms with Gasteiger partial charge in [0, 0.05) is 42.8 Å². The second-order valence-corrected chi connectivity index (χ2v) is 8.64. The fraction of sp³-hybridized carbons (Fsp3) is 0.167. The van der Waals surface area contributed by atoms with Crippen LogP contribution in [-0.2, 0) is 17.8 Å². The van der Waals surface area contributed by atoms with E-state index in [9.17, 15) is 19.5 Å². The van der Waals surface area contributed by atoms with E-state index < -0.39 is 5.97 Å². The van der Waals surface area contributed by atoms with Gasteiger partial charge in [-0.2, -0.15) is 0 Å². The molecule has 4 rings (SSSR count). The van der Waals surface area contributed by atoms with E-state index in [1.165, 1.54) is 0 Å². The summed E-state index contributed by atoms with van der Waals surface area (Å²) in [6.07, 6.45) is 5.44. The van der Waals surface area contributed by atoms with Crippen LogP contribution in [0.4, 0.5) is 0 Å². The predicted molar refractivity (Wildman–Crippen MR) is 143 cm³/mol. The molecule has 2 N–H and O–H groups in total. The van der Waals surface area contributed by atoms with Crippen LogP contribution in [0.15, 0.2) is 97.5 Å². The molecule has 0 aliphatic heterocycles. The number of hydrogen-bond acceptors (Lipinski definition) is 5. The molecule has 0 unspecified atom stereocenters. The van der Waals surface area contributed by atoms with Crippen LogP contribution in [-0.4, -0.2) is 50.8 Å². The highest BCUT2D eigenvalue weighted by Crippen LogP contribution is 2.28. The number of carbonyl (C=O) groups excluding carboxylic acids is 2. The van der Waals surface area contributed by atoms with Gasteiger partial charge >= 0.3 is 5.97 Å². The Bertz CT molecular complexity index is 1390. The maximum absolute atomic E-state index is 13.8. The summed E-state index contributed by atoms with van der Waals surface area (Å²) in [5.41, 5.74) is 3.72. The molecular weight excluding hydrogens is 480 g/mol. The maximum Gasteiger partial charge on any atom is 0.305 e. The summed E-state index contributed by atoms with van der Waals surface area (Å²) in [6.45, 7) is 0.666. The van der Waals surface area contributed by atoms with Gasteiger partial charge in [0.2, 0.25) is 0 Å². The molecular formula is C30H28N4O4. The van der Waals surface area contributed by atoms with Gasteiger partial charge in [0.15, 0.2) is 0 Å². The Balaban J connectivity index is 1.61. The highest BCUT2D eigenvalue weighted by atomic mass is 16.4. The van der Waals surface area contributed by atoms with E-state index in [1.807, 2.05) is 42.5 Å². The van der Waals surface area contributed by atoms with Gasteiger partial charge in [-0.3, -0.25) is 24.4 Å². The minimum Gasteiger partial charge on any atom is -0.481 e. The Kier molecular flexibility index (Phi) is 8.91. The predicted octanol–water partition coefficient (Wildman–Crippen LogP) is 4.23. The average Bonchev–Trinajstić information content (AvgIpc) is 2.96. The molecule has 0 atom stereocenters. The van der Waals surface area contributed by atoms with Crippen LogP contribution in [0.5, 0.6) is 0 Å². The standard InChI is InChI=1S/C30H28N4O4/c35-28(36)15-19-34(18-14-22-8-7-16-31-20-22)30(38)27-13-4-2-11-25(27)24-10-1-3-12-26(24)29(37)33-21-23-9-5-6-17-32-23/h1-13,16-17,20H,14-15,18-19,21H2,(H,33,37)(H,35,36). The summed E-state index contributed by atoms with van der Waals surface area (Å²) in [7, 11) is 0. The number of aliphatic carboxylic acids is 1. The summed E-state index contributed by atoms with van der Waals surface area (Å²) < 4.78 is 0. The summed E-state index contributed by atoms with van der Waals surface area (Å²) >= 11 is 0. The highest BCUT2D eigenvalue weighted by molar-refractivity contribution is 6.06. The number of nitrogens with one attached hydrogen (secondary N) is 1. The minimum absolute atomic E-state index is 0.0645. The van der Waals surface area contributed by atoms with Crippen LogP contribution in [0.2, 0.25) is 0 Å². The monoisotopic (exact) mass is 508 g/mol.